The maximum Gasteiger partial charge on any atom is 0.407 e. The number of carbonyl (C=O) groups is 4. The molecule has 0 bridgehead atoms. The zero-order valence-corrected chi connectivity index (χ0v) is 19.8. The number of hydrogen-bond donors (Lipinski definition) is 3. The average molecular weight is 478 g/mol. The topological polar surface area (TPSA) is 114 Å². The summed E-state index contributed by atoms with van der Waals surface area (Å²) in [6.45, 7) is 4.71. The fourth-order valence-electron chi connectivity index (χ4n) is 4.26. The van der Waals surface area contributed by atoms with Gasteiger partial charge in [-0.1, -0.05) is 37.6 Å². The van der Waals surface area contributed by atoms with Gasteiger partial charge in [-0.25, -0.2) is 4.79 Å². The molecular formula is C24H32ClN3O5. The Morgan fingerprint density at radius 1 is 1.30 bits per heavy atom. The summed E-state index contributed by atoms with van der Waals surface area (Å²) < 4.78 is 5.38. The monoisotopic (exact) mass is 477 g/mol. The molecule has 1 aliphatic carbocycles. The molecule has 1 aliphatic heterocycles. The van der Waals surface area contributed by atoms with Gasteiger partial charge in [0, 0.05) is 23.4 Å². The standard InChI is InChI=1S/C24H32ClN3O5/c1-14(2)8-21(23(31)27-19(12-29)10-16-6-7-26-22(16)30)28-24(32)33-13-17-11-20(17)15-4-3-5-18(25)9-15/h3-5,9,12,14,16-17,19-21H,6-8,10-11,13H2,1-2H3,(H,26,30)(H,27,31)(H,28,32)/t16-,17-,19-,20-,21-/m0/s1. The van der Waals surface area contributed by atoms with Crippen LogP contribution in [0.15, 0.2) is 24.3 Å². The SMILES string of the molecule is CC(C)C[C@H](NC(=O)OC[C@@H]1C[C@H]1c1cccc(Cl)c1)C(=O)N[C@H](C=O)C[C@@H]1CCNC1=O. The van der Waals surface area contributed by atoms with Gasteiger partial charge >= 0.3 is 6.09 Å². The maximum absolute atomic E-state index is 12.8. The smallest absolute Gasteiger partial charge is 0.407 e. The minimum Gasteiger partial charge on any atom is -0.449 e. The van der Waals surface area contributed by atoms with Crippen molar-refractivity contribution in [2.75, 3.05) is 13.2 Å². The van der Waals surface area contributed by atoms with Gasteiger partial charge in [-0.2, -0.15) is 0 Å². The lowest BCUT2D eigenvalue weighted by Crippen LogP contribution is -2.51. The van der Waals surface area contributed by atoms with E-state index < -0.39 is 24.1 Å². The average Bonchev–Trinajstić information content (AvgIpc) is 3.44. The Balaban J connectivity index is 1.48. The molecule has 1 saturated heterocycles. The van der Waals surface area contributed by atoms with Gasteiger partial charge in [-0.3, -0.25) is 9.59 Å². The van der Waals surface area contributed by atoms with Gasteiger partial charge in [0.1, 0.15) is 12.3 Å². The van der Waals surface area contributed by atoms with E-state index in [-0.39, 0.29) is 36.7 Å². The van der Waals surface area contributed by atoms with Gasteiger partial charge in [0.2, 0.25) is 11.8 Å². The van der Waals surface area contributed by atoms with Crippen molar-refractivity contribution in [1.29, 1.82) is 0 Å². The molecule has 180 valence electrons. The van der Waals surface area contributed by atoms with Gasteiger partial charge in [0.05, 0.1) is 12.6 Å². The van der Waals surface area contributed by atoms with Crippen LogP contribution in [-0.2, 0) is 19.1 Å². The molecular weight excluding hydrogens is 446 g/mol. The van der Waals surface area contributed by atoms with Gasteiger partial charge in [0.25, 0.3) is 0 Å². The number of amides is 3. The lowest BCUT2D eigenvalue weighted by molar-refractivity contribution is -0.127. The van der Waals surface area contributed by atoms with Crippen molar-refractivity contribution >= 4 is 35.8 Å². The highest BCUT2D eigenvalue weighted by Crippen LogP contribution is 2.47. The van der Waals surface area contributed by atoms with Crippen molar-refractivity contribution in [2.24, 2.45) is 17.8 Å². The second kappa shape index (κ2) is 11.5. The van der Waals surface area contributed by atoms with E-state index in [9.17, 15) is 19.2 Å². The molecule has 1 aromatic rings. The van der Waals surface area contributed by atoms with Crippen molar-refractivity contribution in [2.45, 2.75) is 57.5 Å². The van der Waals surface area contributed by atoms with Crippen LogP contribution in [0.2, 0.25) is 5.02 Å². The highest BCUT2D eigenvalue weighted by atomic mass is 35.5. The Morgan fingerprint density at radius 3 is 2.73 bits per heavy atom. The van der Waals surface area contributed by atoms with E-state index in [1.807, 2.05) is 38.1 Å². The Morgan fingerprint density at radius 2 is 2.09 bits per heavy atom. The van der Waals surface area contributed by atoms with Gasteiger partial charge in [-0.15, -0.1) is 0 Å². The molecule has 1 heterocycles. The van der Waals surface area contributed by atoms with Crippen LogP contribution in [0, 0.1) is 17.8 Å². The van der Waals surface area contributed by atoms with Gasteiger partial charge in [0.15, 0.2) is 0 Å². The second-order valence-corrected chi connectivity index (χ2v) is 9.78. The van der Waals surface area contributed by atoms with E-state index in [4.69, 9.17) is 16.3 Å². The molecule has 8 nitrogen and oxygen atoms in total. The fourth-order valence-corrected chi connectivity index (χ4v) is 4.45. The fraction of sp³-hybridized carbons (Fsp3) is 0.583. The highest BCUT2D eigenvalue weighted by molar-refractivity contribution is 6.30. The predicted molar refractivity (Wildman–Crippen MR) is 124 cm³/mol. The Kier molecular flexibility index (Phi) is 8.72. The first-order valence-corrected chi connectivity index (χ1v) is 11.9. The summed E-state index contributed by atoms with van der Waals surface area (Å²) in [6, 6.07) is 6.04. The zero-order chi connectivity index (χ0) is 24.0. The first-order chi connectivity index (χ1) is 15.8. The zero-order valence-electron chi connectivity index (χ0n) is 19.0. The molecule has 0 spiro atoms. The molecule has 1 saturated carbocycles. The molecule has 3 rings (SSSR count). The van der Waals surface area contributed by atoms with Crippen molar-refractivity contribution in [3.05, 3.63) is 34.9 Å². The Hall–Kier alpha value is -2.61. The molecule has 3 amide bonds. The molecule has 1 aromatic carbocycles. The largest absolute Gasteiger partial charge is 0.449 e. The van der Waals surface area contributed by atoms with Crippen LogP contribution in [0.5, 0.6) is 0 Å². The van der Waals surface area contributed by atoms with Crippen LogP contribution in [-0.4, -0.2) is 49.4 Å². The third kappa shape index (κ3) is 7.45. The van der Waals surface area contributed by atoms with Gasteiger partial charge in [-0.05, 0) is 55.2 Å². The number of rotatable bonds is 11. The Labute approximate surface area is 199 Å². The van der Waals surface area contributed by atoms with Crippen LogP contribution >= 0.6 is 11.6 Å². The van der Waals surface area contributed by atoms with Crippen molar-refractivity contribution < 1.29 is 23.9 Å². The number of halogens is 1. The van der Waals surface area contributed by atoms with Crippen LogP contribution in [0.4, 0.5) is 4.79 Å². The maximum atomic E-state index is 12.8. The summed E-state index contributed by atoms with van der Waals surface area (Å²) in [5, 5.41) is 8.71. The number of alkyl carbamates (subject to hydrolysis) is 1. The lowest BCUT2D eigenvalue weighted by Gasteiger charge is -2.23. The summed E-state index contributed by atoms with van der Waals surface area (Å²) in [6.07, 6.45) is 2.16. The minimum atomic E-state index is -0.833. The van der Waals surface area contributed by atoms with E-state index in [0.29, 0.717) is 36.6 Å². The predicted octanol–water partition coefficient (Wildman–Crippen LogP) is 2.79. The normalized spacial score (nSPS) is 23.4. The molecule has 0 unspecified atom stereocenters. The lowest BCUT2D eigenvalue weighted by atomic mass is 9.98. The third-order valence-electron chi connectivity index (χ3n) is 6.14. The summed E-state index contributed by atoms with van der Waals surface area (Å²) in [5.74, 6) is -0.192. The van der Waals surface area contributed by atoms with Crippen molar-refractivity contribution in [3.8, 4) is 0 Å². The van der Waals surface area contributed by atoms with Crippen LogP contribution < -0.4 is 16.0 Å². The van der Waals surface area contributed by atoms with E-state index in [0.717, 1.165) is 12.0 Å². The molecule has 2 aliphatic rings. The Bertz CT molecular complexity index is 877. The van der Waals surface area contributed by atoms with E-state index >= 15 is 0 Å². The molecule has 33 heavy (non-hydrogen) atoms. The number of hydrogen-bond acceptors (Lipinski definition) is 5. The van der Waals surface area contributed by atoms with Crippen molar-refractivity contribution in [3.63, 3.8) is 0 Å². The molecule has 0 radical (unpaired) electrons. The number of carbonyl (C=O) groups excluding carboxylic acids is 4. The van der Waals surface area contributed by atoms with Crippen LogP contribution in [0.3, 0.4) is 0 Å². The third-order valence-corrected chi connectivity index (χ3v) is 6.37. The second-order valence-electron chi connectivity index (χ2n) is 9.35. The molecule has 3 N–H and O–H groups in total. The quantitative estimate of drug-likeness (QED) is 0.424. The summed E-state index contributed by atoms with van der Waals surface area (Å²) in [7, 11) is 0. The molecule has 2 fully saturated rings. The number of benzene rings is 1. The number of aldehydes is 1. The first-order valence-electron chi connectivity index (χ1n) is 11.5. The van der Waals surface area contributed by atoms with E-state index in [1.165, 1.54) is 0 Å². The summed E-state index contributed by atoms with van der Waals surface area (Å²) >= 11 is 6.05. The van der Waals surface area contributed by atoms with Crippen LogP contribution in [0.1, 0.15) is 51.0 Å². The minimum absolute atomic E-state index is 0.104. The van der Waals surface area contributed by atoms with Crippen LogP contribution in [0.25, 0.3) is 0 Å². The summed E-state index contributed by atoms with van der Waals surface area (Å²) in [4.78, 5) is 48.5. The highest BCUT2D eigenvalue weighted by Gasteiger charge is 2.39. The number of ether oxygens (including phenoxy) is 1. The summed E-state index contributed by atoms with van der Waals surface area (Å²) in [5.41, 5.74) is 1.13. The van der Waals surface area contributed by atoms with Gasteiger partial charge < -0.3 is 25.5 Å². The van der Waals surface area contributed by atoms with E-state index in [1.54, 1.807) is 0 Å². The first kappa shape index (κ1) is 25.0. The molecule has 9 heteroatoms. The van der Waals surface area contributed by atoms with Crippen molar-refractivity contribution in [1.82, 2.24) is 16.0 Å². The molecule has 0 aromatic heterocycles. The van der Waals surface area contributed by atoms with E-state index in [2.05, 4.69) is 16.0 Å². The molecule has 5 atom stereocenters. The number of nitrogens with one attached hydrogen (secondary N) is 3.